The Hall–Kier alpha value is -1.87. The van der Waals surface area contributed by atoms with Gasteiger partial charge in [-0.05, 0) is 37.3 Å². The molecule has 1 atom stereocenters. The molecule has 1 aromatic heterocycles. The number of hydrogen-bond acceptors (Lipinski definition) is 6. The molecule has 3 rings (SSSR count). The van der Waals surface area contributed by atoms with Gasteiger partial charge in [-0.1, -0.05) is 58.4 Å². The zero-order chi connectivity index (χ0) is 19.4. The molecule has 0 saturated carbocycles. The van der Waals surface area contributed by atoms with Crippen LogP contribution < -0.4 is 10.6 Å². The van der Waals surface area contributed by atoms with Crippen LogP contribution >= 0.6 is 46.3 Å². The molecule has 1 amide bonds. The van der Waals surface area contributed by atoms with Gasteiger partial charge in [-0.3, -0.25) is 4.79 Å². The van der Waals surface area contributed by atoms with E-state index in [4.69, 9.17) is 23.2 Å². The second kappa shape index (κ2) is 8.88. The number of rotatable bonds is 6. The van der Waals surface area contributed by atoms with E-state index in [0.29, 0.717) is 30.9 Å². The topological polar surface area (TPSA) is 66.9 Å². The van der Waals surface area contributed by atoms with Gasteiger partial charge in [0.1, 0.15) is 5.82 Å². The van der Waals surface area contributed by atoms with Crippen molar-refractivity contribution < 1.29 is 9.18 Å². The molecule has 0 aliphatic carbocycles. The van der Waals surface area contributed by atoms with Gasteiger partial charge in [0.15, 0.2) is 4.34 Å². The van der Waals surface area contributed by atoms with Gasteiger partial charge in [-0.15, -0.1) is 10.2 Å². The van der Waals surface area contributed by atoms with Gasteiger partial charge in [-0.25, -0.2) is 4.39 Å². The van der Waals surface area contributed by atoms with Crippen LogP contribution in [0.25, 0.3) is 0 Å². The number of halogens is 3. The molecule has 10 heteroatoms. The van der Waals surface area contributed by atoms with Crippen molar-refractivity contribution in [2.45, 2.75) is 16.5 Å². The van der Waals surface area contributed by atoms with Crippen LogP contribution in [0.1, 0.15) is 6.92 Å². The Balaban J connectivity index is 1.62. The number of thioether (sulfide) groups is 1. The minimum absolute atomic E-state index is 0.247. The van der Waals surface area contributed by atoms with E-state index in [1.54, 1.807) is 43.3 Å². The summed E-state index contributed by atoms with van der Waals surface area (Å²) in [7, 11) is 0. The molecule has 27 heavy (non-hydrogen) atoms. The molecule has 140 valence electrons. The van der Waals surface area contributed by atoms with E-state index in [1.165, 1.54) is 29.2 Å². The minimum atomic E-state index is -0.450. The number of para-hydroxylation sites is 1. The number of carbonyl (C=O) groups is 1. The highest BCUT2D eigenvalue weighted by atomic mass is 35.5. The number of nitrogens with zero attached hydrogens (tertiary/aromatic N) is 2. The molecule has 0 radical (unpaired) electrons. The minimum Gasteiger partial charge on any atom is -0.328 e. The Morgan fingerprint density at radius 2 is 1.96 bits per heavy atom. The lowest BCUT2D eigenvalue weighted by atomic mass is 10.3. The molecular formula is C17H13Cl2FN4OS2. The smallest absolute Gasteiger partial charge is 0.237 e. The molecule has 0 saturated heterocycles. The van der Waals surface area contributed by atoms with Gasteiger partial charge in [0, 0.05) is 5.02 Å². The summed E-state index contributed by atoms with van der Waals surface area (Å²) in [5.41, 5.74) is 0.757. The number of nitrogens with one attached hydrogen (secondary N) is 2. The van der Waals surface area contributed by atoms with Crippen LogP contribution in [-0.4, -0.2) is 21.4 Å². The van der Waals surface area contributed by atoms with Crippen LogP contribution in [0.3, 0.4) is 0 Å². The van der Waals surface area contributed by atoms with Gasteiger partial charge in [0.25, 0.3) is 0 Å². The second-order valence-corrected chi connectivity index (χ2v) is 8.76. The van der Waals surface area contributed by atoms with Crippen molar-refractivity contribution in [1.29, 1.82) is 0 Å². The quantitative estimate of drug-likeness (QED) is 0.468. The van der Waals surface area contributed by atoms with Crippen LogP contribution in [-0.2, 0) is 4.79 Å². The largest absolute Gasteiger partial charge is 0.328 e. The Kier molecular flexibility index (Phi) is 6.54. The van der Waals surface area contributed by atoms with Crippen LogP contribution in [0.5, 0.6) is 0 Å². The van der Waals surface area contributed by atoms with Crippen molar-refractivity contribution in [3.8, 4) is 0 Å². The molecule has 2 N–H and O–H groups in total. The number of anilines is 3. The molecule has 3 aromatic rings. The van der Waals surface area contributed by atoms with Crippen molar-refractivity contribution >= 4 is 68.7 Å². The highest BCUT2D eigenvalue weighted by Crippen LogP contribution is 2.32. The van der Waals surface area contributed by atoms with Gasteiger partial charge in [-0.2, -0.15) is 0 Å². The predicted octanol–water partition coefficient (Wildman–Crippen LogP) is 5.85. The second-order valence-electron chi connectivity index (χ2n) is 5.35. The molecule has 0 aliphatic heterocycles. The fourth-order valence-corrected chi connectivity index (χ4v) is 4.26. The SMILES string of the molecule is C[C@H](Sc1nnc(Nc2ccccc2F)s1)C(=O)Nc1cc(Cl)ccc1Cl. The molecule has 0 aliphatic rings. The Morgan fingerprint density at radius 1 is 1.19 bits per heavy atom. The van der Waals surface area contributed by atoms with Gasteiger partial charge < -0.3 is 10.6 Å². The fraction of sp³-hybridized carbons (Fsp3) is 0.118. The number of carbonyl (C=O) groups excluding carboxylic acids is 1. The summed E-state index contributed by atoms with van der Waals surface area (Å²) in [6, 6.07) is 11.1. The average molecular weight is 443 g/mol. The number of benzene rings is 2. The summed E-state index contributed by atoms with van der Waals surface area (Å²) in [5, 5.41) is 14.5. The van der Waals surface area contributed by atoms with Crippen LogP contribution in [0.2, 0.25) is 10.0 Å². The van der Waals surface area contributed by atoms with E-state index in [2.05, 4.69) is 20.8 Å². The van der Waals surface area contributed by atoms with Crippen LogP contribution in [0.4, 0.5) is 20.9 Å². The van der Waals surface area contributed by atoms with Gasteiger partial charge >= 0.3 is 0 Å². The Bertz CT molecular complexity index is 970. The maximum absolute atomic E-state index is 13.7. The molecular weight excluding hydrogens is 430 g/mol. The highest BCUT2D eigenvalue weighted by Gasteiger charge is 2.18. The third kappa shape index (κ3) is 5.32. The predicted molar refractivity (Wildman–Crippen MR) is 110 cm³/mol. The summed E-state index contributed by atoms with van der Waals surface area (Å²) in [4.78, 5) is 12.4. The number of amides is 1. The molecule has 5 nitrogen and oxygen atoms in total. The first kappa shape index (κ1) is 19.9. The third-order valence-electron chi connectivity index (χ3n) is 3.36. The highest BCUT2D eigenvalue weighted by molar-refractivity contribution is 8.02. The van der Waals surface area contributed by atoms with Crippen molar-refractivity contribution in [1.82, 2.24) is 10.2 Å². The first-order valence-corrected chi connectivity index (χ1v) is 10.1. The summed E-state index contributed by atoms with van der Waals surface area (Å²) in [5.74, 6) is -0.629. The summed E-state index contributed by atoms with van der Waals surface area (Å²) >= 11 is 14.5. The van der Waals surface area contributed by atoms with Crippen molar-refractivity contribution in [3.05, 3.63) is 58.3 Å². The van der Waals surface area contributed by atoms with Crippen LogP contribution in [0.15, 0.2) is 46.8 Å². The van der Waals surface area contributed by atoms with E-state index in [1.807, 2.05) is 0 Å². The lowest BCUT2D eigenvalue weighted by molar-refractivity contribution is -0.115. The van der Waals surface area contributed by atoms with E-state index in [9.17, 15) is 9.18 Å². The summed E-state index contributed by atoms with van der Waals surface area (Å²) < 4.78 is 14.3. The maximum Gasteiger partial charge on any atom is 0.237 e. The van der Waals surface area contributed by atoms with Crippen molar-refractivity contribution in [2.75, 3.05) is 10.6 Å². The zero-order valence-electron chi connectivity index (χ0n) is 13.9. The van der Waals surface area contributed by atoms with E-state index >= 15 is 0 Å². The standard InChI is InChI=1S/C17H13Cl2FN4OS2/c1-9(15(25)21-14-8-10(18)6-7-11(14)19)26-17-24-23-16(27-17)22-13-5-3-2-4-12(13)20/h2-9H,1H3,(H,21,25)(H,22,23)/t9-/m0/s1. The summed E-state index contributed by atoms with van der Waals surface area (Å²) in [6.45, 7) is 1.74. The lowest BCUT2D eigenvalue weighted by Crippen LogP contribution is -2.22. The first-order chi connectivity index (χ1) is 12.9. The average Bonchev–Trinajstić information content (AvgIpc) is 3.07. The van der Waals surface area contributed by atoms with Crippen molar-refractivity contribution in [2.24, 2.45) is 0 Å². The Morgan fingerprint density at radius 3 is 2.74 bits per heavy atom. The molecule has 2 aromatic carbocycles. The van der Waals surface area contributed by atoms with Crippen LogP contribution in [0, 0.1) is 5.82 Å². The van der Waals surface area contributed by atoms with Gasteiger partial charge in [0.05, 0.1) is 21.6 Å². The van der Waals surface area contributed by atoms with Gasteiger partial charge in [0.2, 0.25) is 11.0 Å². The molecule has 0 unspecified atom stereocenters. The third-order valence-corrected chi connectivity index (χ3v) is 5.94. The van der Waals surface area contributed by atoms with E-state index in [-0.39, 0.29) is 11.7 Å². The number of hydrogen-bond donors (Lipinski definition) is 2. The molecule has 1 heterocycles. The number of aromatic nitrogens is 2. The van der Waals surface area contributed by atoms with Crippen molar-refractivity contribution in [3.63, 3.8) is 0 Å². The first-order valence-electron chi connectivity index (χ1n) is 7.70. The Labute approximate surface area is 173 Å². The monoisotopic (exact) mass is 442 g/mol. The lowest BCUT2D eigenvalue weighted by Gasteiger charge is -2.11. The van der Waals surface area contributed by atoms with E-state index < -0.39 is 5.25 Å². The maximum atomic E-state index is 13.7. The van der Waals surface area contributed by atoms with E-state index in [0.717, 1.165) is 0 Å². The molecule has 0 bridgehead atoms. The summed E-state index contributed by atoms with van der Waals surface area (Å²) in [6.07, 6.45) is 0. The molecule has 0 fully saturated rings. The zero-order valence-corrected chi connectivity index (χ0v) is 17.0. The molecule has 0 spiro atoms. The fourth-order valence-electron chi connectivity index (χ4n) is 2.02. The normalized spacial score (nSPS) is 11.9.